The van der Waals surface area contributed by atoms with Crippen molar-refractivity contribution in [2.45, 2.75) is 63.9 Å². The fourth-order valence-corrected chi connectivity index (χ4v) is 3.64. The van der Waals surface area contributed by atoms with Crippen LogP contribution in [0.3, 0.4) is 0 Å². The van der Waals surface area contributed by atoms with Gasteiger partial charge in [-0.1, -0.05) is 36.9 Å². The van der Waals surface area contributed by atoms with Crippen molar-refractivity contribution < 1.29 is 9.53 Å². The molecule has 2 rings (SSSR count). The second-order valence-electron chi connectivity index (χ2n) is 7.37. The summed E-state index contributed by atoms with van der Waals surface area (Å²) in [6.45, 7) is 6.09. The molecule has 1 aromatic carbocycles. The summed E-state index contributed by atoms with van der Waals surface area (Å²) in [4.78, 5) is 11.8. The van der Waals surface area contributed by atoms with Crippen LogP contribution >= 0.6 is 11.6 Å². The van der Waals surface area contributed by atoms with Gasteiger partial charge < -0.3 is 10.5 Å². The first-order valence-corrected chi connectivity index (χ1v) is 8.64. The Labute approximate surface area is 143 Å². The van der Waals surface area contributed by atoms with Gasteiger partial charge in [0.2, 0.25) is 0 Å². The lowest BCUT2D eigenvalue weighted by atomic mass is 9.69. The summed E-state index contributed by atoms with van der Waals surface area (Å²) in [7, 11) is 0. The molecule has 0 spiro atoms. The lowest BCUT2D eigenvalue weighted by Crippen LogP contribution is -2.37. The van der Waals surface area contributed by atoms with E-state index in [-0.39, 0.29) is 5.41 Å². The van der Waals surface area contributed by atoms with Gasteiger partial charge in [0.25, 0.3) is 0 Å². The van der Waals surface area contributed by atoms with Crippen molar-refractivity contribution in [2.24, 2.45) is 5.73 Å². The molecule has 0 bridgehead atoms. The van der Waals surface area contributed by atoms with Gasteiger partial charge in [0.05, 0.1) is 0 Å². The van der Waals surface area contributed by atoms with Crippen LogP contribution in [0.25, 0.3) is 0 Å². The number of hydrogen-bond acceptors (Lipinski definition) is 3. The lowest BCUT2D eigenvalue weighted by Gasteiger charge is -2.37. The Balaban J connectivity index is 2.16. The molecule has 5 heteroatoms. The van der Waals surface area contributed by atoms with Crippen molar-refractivity contribution >= 4 is 23.4 Å². The Morgan fingerprint density at radius 2 is 1.96 bits per heavy atom. The lowest BCUT2D eigenvalue weighted by molar-refractivity contribution is 0.0636. The molecule has 1 aliphatic rings. The summed E-state index contributed by atoms with van der Waals surface area (Å²) in [6, 6.07) is 5.65. The van der Waals surface area contributed by atoms with E-state index in [4.69, 9.17) is 22.1 Å². The van der Waals surface area contributed by atoms with Gasteiger partial charge in [-0.2, -0.15) is 0 Å². The summed E-state index contributed by atoms with van der Waals surface area (Å²) in [5, 5.41) is 3.38. The smallest absolute Gasteiger partial charge is 0.412 e. The normalized spacial score (nSPS) is 17.6. The first-order chi connectivity index (χ1) is 10.8. The minimum atomic E-state index is -0.528. The first kappa shape index (κ1) is 18.1. The molecular weight excluding hydrogens is 312 g/mol. The van der Waals surface area contributed by atoms with Gasteiger partial charge in [-0.05, 0) is 51.3 Å². The molecule has 1 fully saturated rings. The van der Waals surface area contributed by atoms with E-state index in [1.54, 1.807) is 6.07 Å². The Bertz CT molecular complexity index is 561. The third-order valence-corrected chi connectivity index (χ3v) is 4.70. The molecule has 0 unspecified atom stereocenters. The molecule has 1 saturated carbocycles. The summed E-state index contributed by atoms with van der Waals surface area (Å²) < 4.78 is 5.26. The summed E-state index contributed by atoms with van der Waals surface area (Å²) in [5.41, 5.74) is 7.25. The summed E-state index contributed by atoms with van der Waals surface area (Å²) in [5.74, 6) is 0. The maximum Gasteiger partial charge on any atom is 0.412 e. The van der Waals surface area contributed by atoms with Gasteiger partial charge in [0.1, 0.15) is 5.60 Å². The van der Waals surface area contributed by atoms with E-state index in [9.17, 15) is 4.79 Å². The van der Waals surface area contributed by atoms with Crippen molar-refractivity contribution in [2.75, 3.05) is 11.9 Å². The molecule has 23 heavy (non-hydrogen) atoms. The van der Waals surface area contributed by atoms with Gasteiger partial charge in [-0.3, -0.25) is 5.32 Å². The average Bonchev–Trinajstić information content (AvgIpc) is 2.46. The molecule has 4 nitrogen and oxygen atoms in total. The monoisotopic (exact) mass is 338 g/mol. The fourth-order valence-electron chi connectivity index (χ4n) is 3.26. The van der Waals surface area contributed by atoms with Crippen LogP contribution in [-0.2, 0) is 10.2 Å². The number of benzene rings is 1. The third-order valence-electron chi connectivity index (χ3n) is 4.39. The SMILES string of the molecule is CC(C)(C)OC(=O)Nc1ccc(C2(CN)CCCCC2)c(Cl)c1. The predicted octanol–water partition coefficient (Wildman–Crippen LogP) is 4.85. The molecule has 0 atom stereocenters. The maximum atomic E-state index is 11.8. The van der Waals surface area contributed by atoms with Crippen LogP contribution in [0.1, 0.15) is 58.4 Å². The number of hydrogen-bond donors (Lipinski definition) is 2. The molecule has 3 N–H and O–H groups in total. The van der Waals surface area contributed by atoms with E-state index in [1.807, 2.05) is 32.9 Å². The molecule has 1 aliphatic carbocycles. The van der Waals surface area contributed by atoms with Crippen molar-refractivity contribution in [1.29, 1.82) is 0 Å². The number of anilines is 1. The largest absolute Gasteiger partial charge is 0.444 e. The van der Waals surface area contributed by atoms with Crippen LogP contribution in [0.2, 0.25) is 5.02 Å². The van der Waals surface area contributed by atoms with Gasteiger partial charge in [-0.25, -0.2) is 4.79 Å². The van der Waals surface area contributed by atoms with Gasteiger partial charge in [0.15, 0.2) is 0 Å². The zero-order valence-electron chi connectivity index (χ0n) is 14.2. The third kappa shape index (κ3) is 4.61. The Morgan fingerprint density at radius 3 is 2.48 bits per heavy atom. The van der Waals surface area contributed by atoms with E-state index in [0.717, 1.165) is 18.4 Å². The number of carbonyl (C=O) groups excluding carboxylic acids is 1. The molecule has 0 radical (unpaired) electrons. The highest BCUT2D eigenvalue weighted by Gasteiger charge is 2.34. The van der Waals surface area contributed by atoms with E-state index >= 15 is 0 Å². The summed E-state index contributed by atoms with van der Waals surface area (Å²) in [6.07, 6.45) is 5.30. The number of nitrogens with two attached hydrogens (primary N) is 1. The zero-order valence-corrected chi connectivity index (χ0v) is 15.0. The van der Waals surface area contributed by atoms with Crippen LogP contribution < -0.4 is 11.1 Å². The van der Waals surface area contributed by atoms with Crippen LogP contribution in [0.15, 0.2) is 18.2 Å². The van der Waals surface area contributed by atoms with Crippen molar-refractivity contribution in [3.8, 4) is 0 Å². The van der Waals surface area contributed by atoms with E-state index in [1.165, 1.54) is 19.3 Å². The Morgan fingerprint density at radius 1 is 1.30 bits per heavy atom. The second-order valence-corrected chi connectivity index (χ2v) is 7.77. The van der Waals surface area contributed by atoms with Crippen LogP contribution in [0.5, 0.6) is 0 Å². The van der Waals surface area contributed by atoms with Crippen molar-refractivity contribution in [3.05, 3.63) is 28.8 Å². The number of nitrogens with one attached hydrogen (secondary N) is 1. The first-order valence-electron chi connectivity index (χ1n) is 8.26. The number of ether oxygens (including phenoxy) is 1. The quantitative estimate of drug-likeness (QED) is 0.828. The van der Waals surface area contributed by atoms with Gasteiger partial charge >= 0.3 is 6.09 Å². The van der Waals surface area contributed by atoms with Crippen LogP contribution in [0, 0.1) is 0 Å². The molecule has 0 aromatic heterocycles. The van der Waals surface area contributed by atoms with Gasteiger partial charge in [-0.15, -0.1) is 0 Å². The second kappa shape index (κ2) is 7.10. The minimum absolute atomic E-state index is 0.0280. The Hall–Kier alpha value is -1.26. The average molecular weight is 339 g/mol. The highest BCUT2D eigenvalue weighted by molar-refractivity contribution is 6.31. The molecule has 1 amide bonds. The molecule has 0 saturated heterocycles. The predicted molar refractivity (Wildman–Crippen MR) is 95.1 cm³/mol. The van der Waals surface area contributed by atoms with Crippen molar-refractivity contribution in [3.63, 3.8) is 0 Å². The zero-order chi connectivity index (χ0) is 17.1. The maximum absolute atomic E-state index is 11.8. The minimum Gasteiger partial charge on any atom is -0.444 e. The van der Waals surface area contributed by atoms with Crippen molar-refractivity contribution in [1.82, 2.24) is 0 Å². The van der Waals surface area contributed by atoms with Crippen LogP contribution in [0.4, 0.5) is 10.5 Å². The topological polar surface area (TPSA) is 64.3 Å². The molecule has 1 aromatic rings. The van der Waals surface area contributed by atoms with Crippen LogP contribution in [-0.4, -0.2) is 18.2 Å². The molecule has 128 valence electrons. The molecular formula is C18H27ClN2O2. The van der Waals surface area contributed by atoms with E-state index in [0.29, 0.717) is 17.3 Å². The number of halogens is 1. The highest BCUT2D eigenvalue weighted by atomic mass is 35.5. The number of amides is 1. The van der Waals surface area contributed by atoms with E-state index in [2.05, 4.69) is 5.32 Å². The van der Waals surface area contributed by atoms with E-state index < -0.39 is 11.7 Å². The fraction of sp³-hybridized carbons (Fsp3) is 0.611. The highest BCUT2D eigenvalue weighted by Crippen LogP contribution is 2.42. The standard InChI is InChI=1S/C18H27ClN2O2/c1-17(2,3)23-16(22)21-13-7-8-14(15(19)11-13)18(12-20)9-5-4-6-10-18/h7-8,11H,4-6,9-10,12,20H2,1-3H3,(H,21,22). The Kier molecular flexibility index (Phi) is 5.58. The molecule has 0 heterocycles. The number of carbonyl (C=O) groups is 1. The summed E-state index contributed by atoms with van der Waals surface area (Å²) >= 11 is 6.50. The number of rotatable bonds is 3. The molecule has 0 aliphatic heterocycles. The van der Waals surface area contributed by atoms with Gasteiger partial charge in [0, 0.05) is 22.7 Å².